The molecule has 4 rings (SSSR count). The molecule has 136 valence electrons. The van der Waals surface area contributed by atoms with Crippen molar-refractivity contribution in [2.24, 2.45) is 16.3 Å². The highest BCUT2D eigenvalue weighted by Crippen LogP contribution is 2.52. The van der Waals surface area contributed by atoms with Crippen LogP contribution in [0.25, 0.3) is 0 Å². The zero-order chi connectivity index (χ0) is 17.4. The number of aliphatic imine (C=N–C) groups is 1. The van der Waals surface area contributed by atoms with Crippen molar-refractivity contribution < 1.29 is 14.2 Å². The van der Waals surface area contributed by atoms with Crippen LogP contribution in [-0.4, -0.2) is 45.0 Å². The van der Waals surface area contributed by atoms with E-state index in [1.54, 1.807) is 7.05 Å². The number of benzene rings is 1. The van der Waals surface area contributed by atoms with Gasteiger partial charge in [-0.3, -0.25) is 4.99 Å². The summed E-state index contributed by atoms with van der Waals surface area (Å²) in [4.78, 5) is 4.40. The van der Waals surface area contributed by atoms with Crippen LogP contribution in [0.15, 0.2) is 23.2 Å². The third kappa shape index (κ3) is 2.92. The fourth-order valence-electron chi connectivity index (χ4n) is 4.30. The molecule has 2 heterocycles. The maximum atomic E-state index is 5.87. The van der Waals surface area contributed by atoms with Crippen LogP contribution in [-0.2, 0) is 4.74 Å². The molecule has 1 saturated heterocycles. The molecule has 0 amide bonds. The SMILES string of the molecule is CN=C(Nc1ccc2c(c1)OCCCO2)NC1C2CCOC2C1(C)C. The molecule has 6 heteroatoms. The van der Waals surface area contributed by atoms with E-state index in [9.17, 15) is 0 Å². The molecule has 1 aromatic carbocycles. The van der Waals surface area contributed by atoms with E-state index < -0.39 is 0 Å². The number of rotatable bonds is 2. The molecule has 6 nitrogen and oxygen atoms in total. The monoisotopic (exact) mass is 345 g/mol. The summed E-state index contributed by atoms with van der Waals surface area (Å²) in [6.45, 7) is 6.77. The molecule has 2 fully saturated rings. The molecule has 0 bridgehead atoms. The standard InChI is InChI=1S/C19H27N3O3/c1-19(2)16(13-7-10-25-17(13)19)22-18(20-3)21-12-5-6-14-15(11-12)24-9-4-8-23-14/h5-6,11,13,16-17H,4,7-10H2,1-3H3,(H2,20,21,22). The summed E-state index contributed by atoms with van der Waals surface area (Å²) in [7, 11) is 1.80. The highest BCUT2D eigenvalue weighted by atomic mass is 16.5. The predicted molar refractivity (Wildman–Crippen MR) is 97.6 cm³/mol. The lowest BCUT2D eigenvalue weighted by Gasteiger charge is -2.54. The Bertz CT molecular complexity index is 674. The van der Waals surface area contributed by atoms with Gasteiger partial charge >= 0.3 is 0 Å². The van der Waals surface area contributed by atoms with Crippen LogP contribution < -0.4 is 20.1 Å². The summed E-state index contributed by atoms with van der Waals surface area (Å²) >= 11 is 0. The highest BCUT2D eigenvalue weighted by molar-refractivity contribution is 5.94. The van der Waals surface area contributed by atoms with Crippen LogP contribution in [0.3, 0.4) is 0 Å². The highest BCUT2D eigenvalue weighted by Gasteiger charge is 2.59. The summed E-state index contributed by atoms with van der Waals surface area (Å²) in [5.74, 6) is 2.93. The van der Waals surface area contributed by atoms with Gasteiger partial charge in [-0.05, 0) is 18.6 Å². The van der Waals surface area contributed by atoms with E-state index in [1.807, 2.05) is 18.2 Å². The van der Waals surface area contributed by atoms with Crippen molar-refractivity contribution in [2.75, 3.05) is 32.2 Å². The van der Waals surface area contributed by atoms with Gasteiger partial charge in [0.1, 0.15) is 0 Å². The summed E-state index contributed by atoms with van der Waals surface area (Å²) in [5, 5.41) is 6.97. The van der Waals surface area contributed by atoms with Crippen LogP contribution in [0.2, 0.25) is 0 Å². The Hall–Kier alpha value is -1.95. The maximum absolute atomic E-state index is 5.87. The van der Waals surface area contributed by atoms with Gasteiger partial charge in [-0.1, -0.05) is 13.8 Å². The lowest BCUT2D eigenvalue weighted by Crippen LogP contribution is -2.67. The van der Waals surface area contributed by atoms with E-state index in [2.05, 4.69) is 29.5 Å². The second kappa shape index (κ2) is 6.41. The first-order valence-electron chi connectivity index (χ1n) is 9.11. The fraction of sp³-hybridized carbons (Fsp3) is 0.632. The van der Waals surface area contributed by atoms with Gasteiger partial charge < -0.3 is 24.8 Å². The summed E-state index contributed by atoms with van der Waals surface area (Å²) in [6.07, 6.45) is 2.38. The molecule has 1 aliphatic carbocycles. The number of hydrogen-bond acceptors (Lipinski definition) is 4. The molecule has 3 unspecified atom stereocenters. The van der Waals surface area contributed by atoms with Gasteiger partial charge in [0.25, 0.3) is 0 Å². The first-order chi connectivity index (χ1) is 12.1. The number of ether oxygens (including phenoxy) is 3. The van der Waals surface area contributed by atoms with E-state index in [0.717, 1.165) is 42.6 Å². The Balaban J connectivity index is 1.45. The predicted octanol–water partition coefficient (Wildman–Crippen LogP) is 2.65. The number of guanidine groups is 1. The van der Waals surface area contributed by atoms with Crippen LogP contribution >= 0.6 is 0 Å². The van der Waals surface area contributed by atoms with E-state index >= 15 is 0 Å². The van der Waals surface area contributed by atoms with E-state index in [0.29, 0.717) is 31.3 Å². The van der Waals surface area contributed by atoms with Crippen LogP contribution in [0.1, 0.15) is 26.7 Å². The van der Waals surface area contributed by atoms with Gasteiger partial charge in [0.05, 0.1) is 19.3 Å². The molecule has 2 aliphatic heterocycles. The van der Waals surface area contributed by atoms with Crippen molar-refractivity contribution in [2.45, 2.75) is 38.8 Å². The molecule has 2 N–H and O–H groups in total. The molecule has 0 spiro atoms. The Morgan fingerprint density at radius 2 is 1.96 bits per heavy atom. The lowest BCUT2D eigenvalue weighted by molar-refractivity contribution is -0.106. The molecule has 25 heavy (non-hydrogen) atoms. The quantitative estimate of drug-likeness (QED) is 0.637. The molecule has 3 atom stereocenters. The van der Waals surface area contributed by atoms with Gasteiger partial charge in [0, 0.05) is 49.2 Å². The second-order valence-electron chi connectivity index (χ2n) is 7.60. The van der Waals surface area contributed by atoms with Gasteiger partial charge in [0.2, 0.25) is 0 Å². The zero-order valence-electron chi connectivity index (χ0n) is 15.2. The average Bonchev–Trinajstić information content (AvgIpc) is 2.94. The normalized spacial score (nSPS) is 30.0. The Kier molecular flexibility index (Phi) is 4.23. The van der Waals surface area contributed by atoms with Gasteiger partial charge in [0.15, 0.2) is 17.5 Å². The fourth-order valence-corrected chi connectivity index (χ4v) is 4.30. The molecular weight excluding hydrogens is 318 g/mol. The smallest absolute Gasteiger partial charge is 0.195 e. The molecule has 1 aromatic rings. The number of nitrogens with one attached hydrogen (secondary N) is 2. The van der Waals surface area contributed by atoms with Crippen molar-refractivity contribution in [1.29, 1.82) is 0 Å². The largest absolute Gasteiger partial charge is 0.490 e. The minimum Gasteiger partial charge on any atom is -0.490 e. The lowest BCUT2D eigenvalue weighted by atomic mass is 9.57. The van der Waals surface area contributed by atoms with E-state index in [4.69, 9.17) is 14.2 Å². The molecule has 0 aromatic heterocycles. The first-order valence-corrected chi connectivity index (χ1v) is 9.11. The minimum absolute atomic E-state index is 0.115. The zero-order valence-corrected chi connectivity index (χ0v) is 15.2. The van der Waals surface area contributed by atoms with Crippen molar-refractivity contribution in [3.05, 3.63) is 18.2 Å². The maximum Gasteiger partial charge on any atom is 0.195 e. The van der Waals surface area contributed by atoms with Crippen molar-refractivity contribution >= 4 is 11.6 Å². The Labute approximate surface area is 148 Å². The Morgan fingerprint density at radius 1 is 1.16 bits per heavy atom. The average molecular weight is 345 g/mol. The van der Waals surface area contributed by atoms with Gasteiger partial charge in [-0.25, -0.2) is 0 Å². The number of nitrogens with zero attached hydrogens (tertiary/aromatic N) is 1. The topological polar surface area (TPSA) is 64.1 Å². The number of hydrogen-bond donors (Lipinski definition) is 2. The van der Waals surface area contributed by atoms with Crippen molar-refractivity contribution in [3.8, 4) is 11.5 Å². The third-order valence-electron chi connectivity index (χ3n) is 5.63. The van der Waals surface area contributed by atoms with Crippen molar-refractivity contribution in [3.63, 3.8) is 0 Å². The molecule has 0 radical (unpaired) electrons. The molecule has 3 aliphatic rings. The first kappa shape index (κ1) is 16.5. The second-order valence-corrected chi connectivity index (χ2v) is 7.60. The molecular formula is C19H27N3O3. The number of fused-ring (bicyclic) bond motifs is 2. The summed E-state index contributed by atoms with van der Waals surface area (Å²) < 4.78 is 17.3. The summed E-state index contributed by atoms with van der Waals surface area (Å²) in [5.41, 5.74) is 1.05. The van der Waals surface area contributed by atoms with E-state index in [-0.39, 0.29) is 5.41 Å². The third-order valence-corrected chi connectivity index (χ3v) is 5.63. The Morgan fingerprint density at radius 3 is 2.76 bits per heavy atom. The summed E-state index contributed by atoms with van der Waals surface area (Å²) in [6, 6.07) is 6.28. The van der Waals surface area contributed by atoms with Crippen LogP contribution in [0, 0.1) is 11.3 Å². The van der Waals surface area contributed by atoms with Crippen molar-refractivity contribution in [1.82, 2.24) is 5.32 Å². The van der Waals surface area contributed by atoms with Gasteiger partial charge in [-0.15, -0.1) is 0 Å². The number of anilines is 1. The van der Waals surface area contributed by atoms with Gasteiger partial charge in [-0.2, -0.15) is 0 Å². The minimum atomic E-state index is 0.115. The van der Waals surface area contributed by atoms with E-state index in [1.165, 1.54) is 0 Å². The molecule has 1 saturated carbocycles. The van der Waals surface area contributed by atoms with Crippen LogP contribution in [0.4, 0.5) is 5.69 Å². The van der Waals surface area contributed by atoms with Crippen LogP contribution in [0.5, 0.6) is 11.5 Å².